The van der Waals surface area contributed by atoms with E-state index in [1.54, 1.807) is 0 Å². The molecule has 0 amide bonds. The van der Waals surface area contributed by atoms with Gasteiger partial charge in [-0.05, 0) is 39.3 Å². The molecule has 0 bridgehead atoms. The Hall–Kier alpha value is 0.250. The van der Waals surface area contributed by atoms with Crippen LogP contribution in [0.5, 0.6) is 0 Å². The molecule has 1 N–H and O–H groups in total. The lowest BCUT2D eigenvalue weighted by Gasteiger charge is -2.04. The zero-order chi connectivity index (χ0) is 8.53. The first-order valence-electron chi connectivity index (χ1n) is 4.62. The molecule has 0 fully saturated rings. The van der Waals surface area contributed by atoms with Gasteiger partial charge < -0.3 is 5.32 Å². The number of alkyl halides is 1. The number of unbranched alkanes of at least 4 members (excludes halogenated alkanes) is 1. The highest BCUT2D eigenvalue weighted by Gasteiger charge is 1.94. The first-order chi connectivity index (χ1) is 5.27. The lowest BCUT2D eigenvalue weighted by atomic mass is 10.2. The van der Waals surface area contributed by atoms with Gasteiger partial charge in [-0.3, -0.25) is 0 Å². The van der Waals surface area contributed by atoms with Crippen molar-refractivity contribution in [3.63, 3.8) is 0 Å². The van der Waals surface area contributed by atoms with E-state index in [1.165, 1.54) is 19.3 Å². The molecule has 0 aliphatic rings. The zero-order valence-electron chi connectivity index (χ0n) is 7.70. The van der Waals surface area contributed by atoms with Crippen molar-refractivity contribution >= 4 is 11.6 Å². The molecule has 0 spiro atoms. The summed E-state index contributed by atoms with van der Waals surface area (Å²) >= 11 is 5.79. The summed E-state index contributed by atoms with van der Waals surface area (Å²) in [5.41, 5.74) is 0. The average Bonchev–Trinajstić information content (AvgIpc) is 1.96. The Morgan fingerprint density at radius 1 is 1.27 bits per heavy atom. The summed E-state index contributed by atoms with van der Waals surface area (Å²) in [4.78, 5) is 0. The van der Waals surface area contributed by atoms with E-state index in [9.17, 15) is 0 Å². The Bertz CT molecular complexity index is 74.0. The first-order valence-corrected chi connectivity index (χ1v) is 5.05. The van der Waals surface area contributed by atoms with Gasteiger partial charge in [0.2, 0.25) is 0 Å². The van der Waals surface area contributed by atoms with Crippen LogP contribution in [0.4, 0.5) is 0 Å². The Balaban J connectivity index is 2.80. The van der Waals surface area contributed by atoms with E-state index in [0.29, 0.717) is 5.38 Å². The summed E-state index contributed by atoms with van der Waals surface area (Å²) in [6.07, 6.45) is 4.89. The SMILES string of the molecule is CCCCNCCCC(C)Cl. The normalized spacial score (nSPS) is 13.4. The number of rotatable bonds is 7. The molecule has 0 heterocycles. The minimum Gasteiger partial charge on any atom is -0.317 e. The first kappa shape index (κ1) is 11.2. The Morgan fingerprint density at radius 2 is 1.91 bits per heavy atom. The average molecular weight is 178 g/mol. The molecular weight excluding hydrogens is 158 g/mol. The van der Waals surface area contributed by atoms with Gasteiger partial charge in [-0.1, -0.05) is 13.3 Å². The largest absolute Gasteiger partial charge is 0.317 e. The van der Waals surface area contributed by atoms with Gasteiger partial charge in [0.15, 0.2) is 0 Å². The Morgan fingerprint density at radius 3 is 2.45 bits per heavy atom. The molecule has 0 aromatic rings. The molecule has 0 saturated heterocycles. The summed E-state index contributed by atoms with van der Waals surface area (Å²) < 4.78 is 0. The smallest absolute Gasteiger partial charge is 0.0308 e. The second kappa shape index (κ2) is 8.35. The number of hydrogen-bond acceptors (Lipinski definition) is 1. The topological polar surface area (TPSA) is 12.0 Å². The lowest BCUT2D eigenvalue weighted by Crippen LogP contribution is -2.17. The minimum atomic E-state index is 0.336. The highest BCUT2D eigenvalue weighted by Crippen LogP contribution is 2.01. The molecule has 0 aliphatic carbocycles. The molecule has 2 heteroatoms. The second-order valence-corrected chi connectivity index (χ2v) is 3.77. The number of halogens is 1. The van der Waals surface area contributed by atoms with Gasteiger partial charge in [0.05, 0.1) is 0 Å². The van der Waals surface area contributed by atoms with Gasteiger partial charge in [0, 0.05) is 5.38 Å². The molecule has 11 heavy (non-hydrogen) atoms. The van der Waals surface area contributed by atoms with Crippen LogP contribution >= 0.6 is 11.6 Å². The third-order valence-corrected chi connectivity index (χ3v) is 1.88. The predicted octanol–water partition coefficient (Wildman–Crippen LogP) is 2.78. The van der Waals surface area contributed by atoms with Gasteiger partial charge in [-0.15, -0.1) is 11.6 Å². The van der Waals surface area contributed by atoms with Crippen LogP contribution in [-0.4, -0.2) is 18.5 Å². The third kappa shape index (κ3) is 10.2. The zero-order valence-corrected chi connectivity index (χ0v) is 8.45. The van der Waals surface area contributed by atoms with Crippen LogP contribution < -0.4 is 5.32 Å². The summed E-state index contributed by atoms with van der Waals surface area (Å²) in [6.45, 7) is 6.54. The Kier molecular flexibility index (Phi) is 8.54. The van der Waals surface area contributed by atoms with Gasteiger partial charge in [0.1, 0.15) is 0 Å². The molecular formula is C9H20ClN. The maximum Gasteiger partial charge on any atom is 0.0308 e. The maximum atomic E-state index is 5.79. The second-order valence-electron chi connectivity index (χ2n) is 3.03. The molecule has 0 radical (unpaired) electrons. The molecule has 1 unspecified atom stereocenters. The fourth-order valence-electron chi connectivity index (χ4n) is 0.935. The quantitative estimate of drug-likeness (QED) is 0.466. The Labute approximate surface area is 75.5 Å². The van der Waals surface area contributed by atoms with Crippen LogP contribution in [0.1, 0.15) is 39.5 Å². The lowest BCUT2D eigenvalue weighted by molar-refractivity contribution is 0.597. The molecule has 68 valence electrons. The molecule has 0 aromatic carbocycles. The van der Waals surface area contributed by atoms with Crippen LogP contribution in [0.2, 0.25) is 0 Å². The highest BCUT2D eigenvalue weighted by molar-refractivity contribution is 6.20. The van der Waals surface area contributed by atoms with Gasteiger partial charge in [-0.2, -0.15) is 0 Å². The van der Waals surface area contributed by atoms with E-state index in [0.717, 1.165) is 19.5 Å². The molecule has 1 nitrogen and oxygen atoms in total. The van der Waals surface area contributed by atoms with Crippen molar-refractivity contribution in [3.05, 3.63) is 0 Å². The fourth-order valence-corrected chi connectivity index (χ4v) is 1.09. The maximum absolute atomic E-state index is 5.79. The van der Waals surface area contributed by atoms with Crippen molar-refractivity contribution in [2.75, 3.05) is 13.1 Å². The van der Waals surface area contributed by atoms with Crippen molar-refractivity contribution in [2.45, 2.75) is 44.9 Å². The molecule has 0 aromatic heterocycles. The van der Waals surface area contributed by atoms with E-state index >= 15 is 0 Å². The summed E-state index contributed by atoms with van der Waals surface area (Å²) in [7, 11) is 0. The van der Waals surface area contributed by atoms with E-state index < -0.39 is 0 Å². The molecule has 0 rings (SSSR count). The molecule has 0 aliphatic heterocycles. The van der Waals surface area contributed by atoms with Gasteiger partial charge >= 0.3 is 0 Å². The summed E-state index contributed by atoms with van der Waals surface area (Å²) in [6, 6.07) is 0. The van der Waals surface area contributed by atoms with Gasteiger partial charge in [0.25, 0.3) is 0 Å². The van der Waals surface area contributed by atoms with Crippen LogP contribution in [0, 0.1) is 0 Å². The molecule has 1 atom stereocenters. The fraction of sp³-hybridized carbons (Fsp3) is 1.00. The number of hydrogen-bond donors (Lipinski definition) is 1. The van der Waals surface area contributed by atoms with Crippen LogP contribution in [-0.2, 0) is 0 Å². The van der Waals surface area contributed by atoms with E-state index in [2.05, 4.69) is 12.2 Å². The number of nitrogens with one attached hydrogen (secondary N) is 1. The minimum absolute atomic E-state index is 0.336. The van der Waals surface area contributed by atoms with E-state index in [1.807, 2.05) is 6.92 Å². The van der Waals surface area contributed by atoms with Crippen LogP contribution in [0.15, 0.2) is 0 Å². The van der Waals surface area contributed by atoms with Crippen molar-refractivity contribution in [2.24, 2.45) is 0 Å². The summed E-state index contributed by atoms with van der Waals surface area (Å²) in [5, 5.41) is 3.72. The summed E-state index contributed by atoms with van der Waals surface area (Å²) in [5.74, 6) is 0. The van der Waals surface area contributed by atoms with Crippen molar-refractivity contribution in [1.82, 2.24) is 5.32 Å². The van der Waals surface area contributed by atoms with Crippen LogP contribution in [0.3, 0.4) is 0 Å². The third-order valence-electron chi connectivity index (χ3n) is 1.66. The van der Waals surface area contributed by atoms with Gasteiger partial charge in [-0.25, -0.2) is 0 Å². The highest BCUT2D eigenvalue weighted by atomic mass is 35.5. The van der Waals surface area contributed by atoms with Crippen molar-refractivity contribution in [1.29, 1.82) is 0 Å². The predicted molar refractivity (Wildman–Crippen MR) is 52.3 cm³/mol. The van der Waals surface area contributed by atoms with E-state index in [-0.39, 0.29) is 0 Å². The standard InChI is InChI=1S/C9H20ClN/c1-3-4-7-11-8-5-6-9(2)10/h9,11H,3-8H2,1-2H3. The monoisotopic (exact) mass is 177 g/mol. The van der Waals surface area contributed by atoms with Crippen molar-refractivity contribution < 1.29 is 0 Å². The molecule has 0 saturated carbocycles. The van der Waals surface area contributed by atoms with E-state index in [4.69, 9.17) is 11.6 Å². The van der Waals surface area contributed by atoms with Crippen LogP contribution in [0.25, 0.3) is 0 Å². The van der Waals surface area contributed by atoms with Crippen molar-refractivity contribution in [3.8, 4) is 0 Å².